The standard InChI is InChI=1S/C34H39N5O6S/c40-20-23-12-14-25(15-13-23)30-18-29(21-46-34-36-22-37-38-34)44-33(45-30)28-9-5-8-27(17-28)26-7-4-6-24(16-26)19-35-31(41)10-2-1-3-11-32(42)39-43/h4-9,12-17,22,29-30,33,40,43H,1-3,10-11,18-21H2,(H,35,41)(H,39,42)(H,36,37,38)/t29-,30+,33+/m1/s1. The summed E-state index contributed by atoms with van der Waals surface area (Å²) in [4.78, 5) is 27.7. The maximum absolute atomic E-state index is 12.4. The molecule has 2 heterocycles. The molecule has 3 atom stereocenters. The first kappa shape index (κ1) is 33.3. The Morgan fingerprint density at radius 2 is 1.65 bits per heavy atom. The number of amides is 2. The fraction of sp³-hybridized carbons (Fsp3) is 0.353. The molecule has 4 aromatic rings. The van der Waals surface area contributed by atoms with Crippen molar-refractivity contribution in [2.75, 3.05) is 5.75 Å². The van der Waals surface area contributed by atoms with Gasteiger partial charge in [-0.05, 0) is 52.8 Å². The Morgan fingerprint density at radius 1 is 0.891 bits per heavy atom. The number of carbonyl (C=O) groups excluding carboxylic acids is 2. The number of H-pyrrole nitrogens is 1. The van der Waals surface area contributed by atoms with Crippen LogP contribution in [0.5, 0.6) is 0 Å². The van der Waals surface area contributed by atoms with Crippen molar-refractivity contribution < 1.29 is 29.4 Å². The molecule has 3 aromatic carbocycles. The molecule has 0 unspecified atom stereocenters. The zero-order chi connectivity index (χ0) is 32.1. The molecular formula is C34H39N5O6S. The Labute approximate surface area is 272 Å². The fourth-order valence-electron chi connectivity index (χ4n) is 5.28. The predicted octanol–water partition coefficient (Wildman–Crippen LogP) is 5.37. The van der Waals surface area contributed by atoms with Crippen LogP contribution >= 0.6 is 11.8 Å². The quantitative estimate of drug-likeness (QED) is 0.0496. The van der Waals surface area contributed by atoms with E-state index in [1.807, 2.05) is 60.7 Å². The number of carbonyl (C=O) groups is 2. The number of nitrogens with zero attached hydrogens (tertiary/aromatic N) is 2. The molecule has 0 bridgehead atoms. The molecule has 5 N–H and O–H groups in total. The van der Waals surface area contributed by atoms with E-state index in [1.54, 1.807) is 17.2 Å². The number of benzene rings is 3. The van der Waals surface area contributed by atoms with Gasteiger partial charge >= 0.3 is 0 Å². The molecule has 46 heavy (non-hydrogen) atoms. The lowest BCUT2D eigenvalue weighted by atomic mass is 9.99. The first-order chi connectivity index (χ1) is 22.5. The number of aliphatic hydroxyl groups is 1. The molecule has 0 radical (unpaired) electrons. The molecule has 2 amide bonds. The average Bonchev–Trinajstić information content (AvgIpc) is 3.63. The molecule has 1 aromatic heterocycles. The second-order valence-corrected chi connectivity index (χ2v) is 12.2. The topological polar surface area (TPSA) is 159 Å². The van der Waals surface area contributed by atoms with E-state index in [-0.39, 0.29) is 31.1 Å². The molecule has 242 valence electrons. The minimum Gasteiger partial charge on any atom is -0.392 e. The first-order valence-corrected chi connectivity index (χ1v) is 16.4. The van der Waals surface area contributed by atoms with Crippen LogP contribution in [-0.2, 0) is 32.2 Å². The highest BCUT2D eigenvalue weighted by atomic mass is 32.2. The number of hydroxylamine groups is 1. The number of nitrogens with one attached hydrogen (secondary N) is 3. The SMILES string of the molecule is O=C(CCCCCC(=O)NCc1cccc(-c2cccc([C@H]3O[C@@H](CSc4ncn[nH]4)C[C@@H](c4ccc(CO)cc4)O3)c2)c1)NO. The Hall–Kier alpha value is -4.07. The van der Waals surface area contributed by atoms with E-state index >= 15 is 0 Å². The lowest BCUT2D eigenvalue weighted by Crippen LogP contribution is -2.31. The fourth-order valence-corrected chi connectivity index (χ4v) is 6.07. The average molecular weight is 646 g/mol. The van der Waals surface area contributed by atoms with Crippen molar-refractivity contribution >= 4 is 23.6 Å². The summed E-state index contributed by atoms with van der Waals surface area (Å²) in [5, 5.41) is 28.6. The largest absolute Gasteiger partial charge is 0.392 e. The van der Waals surface area contributed by atoms with E-state index in [1.165, 1.54) is 6.33 Å². The van der Waals surface area contributed by atoms with E-state index in [2.05, 4.69) is 32.6 Å². The third-order valence-electron chi connectivity index (χ3n) is 7.75. The zero-order valence-electron chi connectivity index (χ0n) is 25.4. The van der Waals surface area contributed by atoms with Gasteiger partial charge in [-0.25, -0.2) is 10.5 Å². The van der Waals surface area contributed by atoms with Gasteiger partial charge in [-0.3, -0.25) is 19.9 Å². The van der Waals surface area contributed by atoms with Gasteiger partial charge in [0.2, 0.25) is 11.8 Å². The highest BCUT2D eigenvalue weighted by molar-refractivity contribution is 7.99. The van der Waals surface area contributed by atoms with E-state index < -0.39 is 12.2 Å². The summed E-state index contributed by atoms with van der Waals surface area (Å²) in [6.07, 6.45) is 3.94. The van der Waals surface area contributed by atoms with Crippen molar-refractivity contribution in [1.82, 2.24) is 26.0 Å². The number of ether oxygens (including phenoxy) is 2. The normalized spacial score (nSPS) is 17.8. The van der Waals surface area contributed by atoms with Crippen LogP contribution in [-0.4, -0.2) is 49.2 Å². The van der Waals surface area contributed by atoms with Gasteiger partial charge in [-0.1, -0.05) is 78.8 Å². The summed E-state index contributed by atoms with van der Waals surface area (Å²) in [6, 6.07) is 24.0. The van der Waals surface area contributed by atoms with Gasteiger partial charge in [0.25, 0.3) is 0 Å². The molecule has 1 saturated heterocycles. The molecule has 1 aliphatic heterocycles. The number of rotatable bonds is 15. The summed E-state index contributed by atoms with van der Waals surface area (Å²) >= 11 is 1.55. The number of aromatic nitrogens is 3. The molecule has 11 nitrogen and oxygen atoms in total. The smallest absolute Gasteiger partial charge is 0.243 e. The molecule has 0 saturated carbocycles. The second kappa shape index (κ2) is 17.0. The Balaban J connectivity index is 1.23. The number of hydrogen-bond acceptors (Lipinski definition) is 9. The molecule has 12 heteroatoms. The summed E-state index contributed by atoms with van der Waals surface area (Å²) < 4.78 is 13.0. The van der Waals surface area contributed by atoms with Crippen molar-refractivity contribution in [3.63, 3.8) is 0 Å². The van der Waals surface area contributed by atoms with Gasteiger partial charge in [-0.15, -0.1) is 0 Å². The number of aliphatic hydroxyl groups excluding tert-OH is 1. The van der Waals surface area contributed by atoms with E-state index in [4.69, 9.17) is 14.7 Å². The van der Waals surface area contributed by atoms with Gasteiger partial charge in [0.05, 0.1) is 18.8 Å². The molecule has 1 fully saturated rings. The third-order valence-corrected chi connectivity index (χ3v) is 8.76. The minimum absolute atomic E-state index is 0.0105. The predicted molar refractivity (Wildman–Crippen MR) is 172 cm³/mol. The third kappa shape index (κ3) is 9.71. The molecular weight excluding hydrogens is 606 g/mol. The number of aromatic amines is 1. The van der Waals surface area contributed by atoms with Gasteiger partial charge in [0.15, 0.2) is 11.4 Å². The highest BCUT2D eigenvalue weighted by Crippen LogP contribution is 2.40. The van der Waals surface area contributed by atoms with Crippen molar-refractivity contribution in [3.8, 4) is 11.1 Å². The summed E-state index contributed by atoms with van der Waals surface area (Å²) in [5.41, 5.74) is 7.40. The van der Waals surface area contributed by atoms with Crippen molar-refractivity contribution in [3.05, 3.63) is 101 Å². The van der Waals surface area contributed by atoms with E-state index in [9.17, 15) is 14.7 Å². The molecule has 1 aliphatic rings. The maximum Gasteiger partial charge on any atom is 0.243 e. The van der Waals surface area contributed by atoms with Gasteiger partial charge in [0.1, 0.15) is 6.33 Å². The van der Waals surface area contributed by atoms with Crippen LogP contribution in [0.2, 0.25) is 0 Å². The lowest BCUT2D eigenvalue weighted by molar-refractivity contribution is -0.245. The molecule has 0 aliphatic carbocycles. The maximum atomic E-state index is 12.4. The lowest BCUT2D eigenvalue weighted by Gasteiger charge is -2.36. The number of unbranched alkanes of at least 4 members (excludes halogenated alkanes) is 2. The number of thioether (sulfide) groups is 1. The van der Waals surface area contributed by atoms with Crippen LogP contribution < -0.4 is 10.8 Å². The van der Waals surface area contributed by atoms with Crippen molar-refractivity contribution in [2.24, 2.45) is 0 Å². The first-order valence-electron chi connectivity index (χ1n) is 15.4. The van der Waals surface area contributed by atoms with Gasteiger partial charge < -0.3 is 19.9 Å². The van der Waals surface area contributed by atoms with Crippen molar-refractivity contribution in [1.29, 1.82) is 0 Å². The Bertz CT molecular complexity index is 1550. The Kier molecular flexibility index (Phi) is 12.3. The summed E-state index contributed by atoms with van der Waals surface area (Å²) in [6.45, 7) is 0.402. The monoisotopic (exact) mass is 645 g/mol. The minimum atomic E-state index is -0.586. The van der Waals surface area contributed by atoms with Crippen LogP contribution in [0.25, 0.3) is 11.1 Å². The molecule has 0 spiro atoms. The van der Waals surface area contributed by atoms with Crippen LogP contribution in [0.1, 0.15) is 73.2 Å². The second-order valence-electron chi connectivity index (χ2n) is 11.1. The van der Waals surface area contributed by atoms with Gasteiger partial charge in [-0.2, -0.15) is 5.10 Å². The van der Waals surface area contributed by atoms with Crippen LogP contribution in [0.4, 0.5) is 0 Å². The molecule has 5 rings (SSSR count). The Morgan fingerprint density at radius 3 is 2.39 bits per heavy atom. The van der Waals surface area contributed by atoms with Gasteiger partial charge in [0, 0.05) is 37.1 Å². The number of hydrogen-bond donors (Lipinski definition) is 5. The highest BCUT2D eigenvalue weighted by Gasteiger charge is 2.32. The summed E-state index contributed by atoms with van der Waals surface area (Å²) in [7, 11) is 0. The van der Waals surface area contributed by atoms with E-state index in [0.29, 0.717) is 38.0 Å². The van der Waals surface area contributed by atoms with Crippen LogP contribution in [0, 0.1) is 0 Å². The van der Waals surface area contributed by atoms with E-state index in [0.717, 1.165) is 45.0 Å². The summed E-state index contributed by atoms with van der Waals surface area (Å²) in [5.74, 6) is 0.224. The van der Waals surface area contributed by atoms with Crippen LogP contribution in [0.15, 0.2) is 84.3 Å². The van der Waals surface area contributed by atoms with Crippen molar-refractivity contribution in [2.45, 2.75) is 75.3 Å². The zero-order valence-corrected chi connectivity index (χ0v) is 26.2. The van der Waals surface area contributed by atoms with Crippen LogP contribution in [0.3, 0.4) is 0 Å².